The van der Waals surface area contributed by atoms with E-state index in [9.17, 15) is 0 Å². The second-order valence-electron chi connectivity index (χ2n) is 2.74. The average molecular weight is 175 g/mol. The first-order valence-corrected chi connectivity index (χ1v) is 4.10. The first-order chi connectivity index (χ1) is 6.29. The van der Waals surface area contributed by atoms with E-state index < -0.39 is 0 Å². The Bertz CT molecular complexity index is 338. The molecule has 0 heterocycles. The lowest BCUT2D eigenvalue weighted by atomic mass is 10.1. The minimum atomic E-state index is 0.578. The van der Waals surface area contributed by atoms with Crippen molar-refractivity contribution in [2.24, 2.45) is 4.99 Å². The Balaban J connectivity index is 3.04. The predicted octanol–water partition coefficient (Wildman–Crippen LogP) is 2.36. The van der Waals surface area contributed by atoms with Gasteiger partial charge >= 0.3 is 0 Å². The number of methoxy groups -OCH3 is 1. The Morgan fingerprint density at radius 3 is 2.92 bits per heavy atom. The molecular weight excluding hydrogens is 162 g/mol. The van der Waals surface area contributed by atoms with Crippen LogP contribution in [0.15, 0.2) is 29.8 Å². The van der Waals surface area contributed by atoms with Gasteiger partial charge in [0.25, 0.3) is 0 Å². The second kappa shape index (κ2) is 4.48. The van der Waals surface area contributed by atoms with Gasteiger partial charge in [0.05, 0.1) is 13.7 Å². The lowest BCUT2D eigenvalue weighted by molar-refractivity contribution is 0.407. The van der Waals surface area contributed by atoms with Gasteiger partial charge in [-0.25, -0.2) is 4.99 Å². The molecule has 0 aromatic heterocycles. The molecule has 68 valence electrons. The van der Waals surface area contributed by atoms with E-state index in [1.54, 1.807) is 7.11 Å². The van der Waals surface area contributed by atoms with Crippen LogP contribution in [0.5, 0.6) is 5.75 Å². The zero-order valence-corrected chi connectivity index (χ0v) is 8.00. The molecule has 0 N–H and O–H groups in total. The van der Waals surface area contributed by atoms with Gasteiger partial charge < -0.3 is 4.74 Å². The van der Waals surface area contributed by atoms with Gasteiger partial charge in [-0.2, -0.15) is 0 Å². The van der Waals surface area contributed by atoms with Gasteiger partial charge in [-0.1, -0.05) is 18.2 Å². The summed E-state index contributed by atoms with van der Waals surface area (Å²) in [5.74, 6) is 3.41. The van der Waals surface area contributed by atoms with Crippen LogP contribution in [0.1, 0.15) is 11.1 Å². The van der Waals surface area contributed by atoms with E-state index in [0.29, 0.717) is 6.54 Å². The molecule has 0 bridgehead atoms. The number of hydrogen-bond acceptors (Lipinski definition) is 2. The largest absolute Gasteiger partial charge is 0.496 e. The van der Waals surface area contributed by atoms with Crippen molar-refractivity contribution in [3.63, 3.8) is 0 Å². The van der Waals surface area contributed by atoms with Crippen molar-refractivity contribution in [2.75, 3.05) is 7.11 Å². The Labute approximate surface area is 78.6 Å². The number of para-hydroxylation sites is 1. The van der Waals surface area contributed by atoms with Crippen LogP contribution in [-0.2, 0) is 6.54 Å². The van der Waals surface area contributed by atoms with Crippen molar-refractivity contribution in [1.29, 1.82) is 0 Å². The first kappa shape index (κ1) is 9.56. The summed E-state index contributed by atoms with van der Waals surface area (Å²) >= 11 is 0. The number of aryl methyl sites for hydroxylation is 1. The number of hydrogen-bond donors (Lipinski definition) is 0. The van der Waals surface area contributed by atoms with E-state index in [0.717, 1.165) is 16.9 Å². The standard InChI is InChI=1S/C11H13NO/c1-4-12-8-10-7-5-6-9(2)11(10)13-3/h5-7H,1,8H2,2-3H3. The minimum absolute atomic E-state index is 0.578. The van der Waals surface area contributed by atoms with Crippen molar-refractivity contribution in [1.82, 2.24) is 0 Å². The smallest absolute Gasteiger partial charge is 0.126 e. The van der Waals surface area contributed by atoms with Crippen LogP contribution in [0.2, 0.25) is 0 Å². The van der Waals surface area contributed by atoms with Crippen LogP contribution in [0, 0.1) is 6.92 Å². The molecular formula is C11H13NO. The Hall–Kier alpha value is -1.53. The number of aliphatic imine (C=N–C) groups is 1. The molecule has 0 saturated heterocycles. The summed E-state index contributed by atoms with van der Waals surface area (Å²) in [5.41, 5.74) is 2.19. The van der Waals surface area contributed by atoms with E-state index in [-0.39, 0.29) is 0 Å². The molecule has 1 aromatic rings. The van der Waals surface area contributed by atoms with Crippen LogP contribution in [0.3, 0.4) is 0 Å². The number of nitrogens with zero attached hydrogens (tertiary/aromatic N) is 1. The molecule has 0 aliphatic rings. The van der Waals surface area contributed by atoms with Gasteiger partial charge in [0.15, 0.2) is 0 Å². The summed E-state index contributed by atoms with van der Waals surface area (Å²) in [6.45, 7) is 6.01. The fraction of sp³-hybridized carbons (Fsp3) is 0.273. The summed E-state index contributed by atoms with van der Waals surface area (Å²) < 4.78 is 5.26. The molecule has 0 unspecified atom stereocenters. The lowest BCUT2D eigenvalue weighted by Gasteiger charge is -2.08. The second-order valence-corrected chi connectivity index (χ2v) is 2.74. The van der Waals surface area contributed by atoms with E-state index >= 15 is 0 Å². The molecule has 2 nitrogen and oxygen atoms in total. The van der Waals surface area contributed by atoms with Gasteiger partial charge in [0.1, 0.15) is 5.75 Å². The first-order valence-electron chi connectivity index (χ1n) is 4.10. The highest BCUT2D eigenvalue weighted by Crippen LogP contribution is 2.23. The summed E-state index contributed by atoms with van der Waals surface area (Å²) in [6, 6.07) is 6.00. The predicted molar refractivity (Wildman–Crippen MR) is 54.5 cm³/mol. The molecule has 13 heavy (non-hydrogen) atoms. The third-order valence-electron chi connectivity index (χ3n) is 1.86. The fourth-order valence-corrected chi connectivity index (χ4v) is 1.27. The van der Waals surface area contributed by atoms with Crippen LogP contribution in [-0.4, -0.2) is 13.0 Å². The summed E-state index contributed by atoms with van der Waals surface area (Å²) in [7, 11) is 1.67. The molecule has 0 saturated carbocycles. The van der Waals surface area contributed by atoms with Crippen LogP contribution in [0.25, 0.3) is 0 Å². The van der Waals surface area contributed by atoms with E-state index in [1.165, 1.54) is 0 Å². The van der Waals surface area contributed by atoms with Gasteiger partial charge in [0.2, 0.25) is 0 Å². The third-order valence-corrected chi connectivity index (χ3v) is 1.86. The highest BCUT2D eigenvalue weighted by atomic mass is 16.5. The van der Waals surface area contributed by atoms with E-state index in [2.05, 4.69) is 17.4 Å². The van der Waals surface area contributed by atoms with Crippen molar-refractivity contribution in [3.05, 3.63) is 35.9 Å². The minimum Gasteiger partial charge on any atom is -0.496 e. The van der Waals surface area contributed by atoms with Gasteiger partial charge in [-0.3, -0.25) is 0 Å². The molecule has 0 atom stereocenters. The van der Waals surface area contributed by atoms with Crippen molar-refractivity contribution < 1.29 is 4.74 Å². The number of ether oxygens (including phenoxy) is 1. The van der Waals surface area contributed by atoms with E-state index in [4.69, 9.17) is 4.74 Å². The molecule has 2 heteroatoms. The number of benzene rings is 1. The monoisotopic (exact) mass is 175 g/mol. The molecule has 0 aliphatic heterocycles. The Morgan fingerprint density at radius 2 is 2.31 bits per heavy atom. The zero-order valence-electron chi connectivity index (χ0n) is 8.00. The normalized spacial score (nSPS) is 9.08. The molecule has 0 aliphatic carbocycles. The Morgan fingerprint density at radius 1 is 1.54 bits per heavy atom. The highest BCUT2D eigenvalue weighted by Gasteiger charge is 2.03. The SMILES string of the molecule is C=C=NCc1cccc(C)c1OC. The molecule has 0 fully saturated rings. The summed E-state index contributed by atoms with van der Waals surface area (Å²) in [6.07, 6.45) is 0. The quantitative estimate of drug-likeness (QED) is 0.646. The lowest BCUT2D eigenvalue weighted by Crippen LogP contribution is -1.93. The topological polar surface area (TPSA) is 21.6 Å². The maximum absolute atomic E-state index is 5.26. The van der Waals surface area contributed by atoms with Gasteiger partial charge in [-0.15, -0.1) is 0 Å². The van der Waals surface area contributed by atoms with Crippen molar-refractivity contribution in [2.45, 2.75) is 13.5 Å². The molecule has 0 amide bonds. The number of rotatable bonds is 3. The molecule has 0 radical (unpaired) electrons. The van der Waals surface area contributed by atoms with Gasteiger partial charge in [0, 0.05) is 5.56 Å². The molecule has 0 spiro atoms. The Kier molecular flexibility index (Phi) is 3.30. The molecule has 1 aromatic carbocycles. The zero-order chi connectivity index (χ0) is 9.68. The van der Waals surface area contributed by atoms with Crippen LogP contribution in [0.4, 0.5) is 0 Å². The maximum atomic E-state index is 5.26. The summed E-state index contributed by atoms with van der Waals surface area (Å²) in [5, 5.41) is 0. The maximum Gasteiger partial charge on any atom is 0.126 e. The summed E-state index contributed by atoms with van der Waals surface area (Å²) in [4.78, 5) is 3.95. The highest BCUT2D eigenvalue weighted by molar-refractivity contribution is 5.48. The van der Waals surface area contributed by atoms with Crippen molar-refractivity contribution >= 4 is 5.87 Å². The van der Waals surface area contributed by atoms with E-state index in [1.807, 2.05) is 25.1 Å². The van der Waals surface area contributed by atoms with Crippen LogP contribution >= 0.6 is 0 Å². The average Bonchev–Trinajstić information content (AvgIpc) is 2.15. The van der Waals surface area contributed by atoms with Crippen molar-refractivity contribution in [3.8, 4) is 5.75 Å². The molecule has 1 rings (SSSR count). The third kappa shape index (κ3) is 2.20. The van der Waals surface area contributed by atoms with Gasteiger partial charge in [-0.05, 0) is 24.9 Å². The van der Waals surface area contributed by atoms with Crippen LogP contribution < -0.4 is 4.74 Å². The fourth-order valence-electron chi connectivity index (χ4n) is 1.27.